The fraction of sp³-hybridized carbons (Fsp3) is 0.323. The van der Waals surface area contributed by atoms with Gasteiger partial charge in [-0.15, -0.1) is 0 Å². The Hall–Kier alpha value is -3.73. The van der Waals surface area contributed by atoms with Crippen LogP contribution in [0.3, 0.4) is 0 Å². The fourth-order valence-corrected chi connectivity index (χ4v) is 7.73. The molecule has 8 nitrogen and oxygen atoms in total. The van der Waals surface area contributed by atoms with Crippen LogP contribution in [-0.2, 0) is 15.1 Å². The van der Waals surface area contributed by atoms with Gasteiger partial charge in [0.1, 0.15) is 23.8 Å². The minimum Gasteiger partial charge on any atom is -0.476 e. The van der Waals surface area contributed by atoms with Gasteiger partial charge < -0.3 is 14.8 Å². The van der Waals surface area contributed by atoms with Crippen LogP contribution >= 0.6 is 23.2 Å². The summed E-state index contributed by atoms with van der Waals surface area (Å²) >= 11 is 12.7. The molecule has 0 unspecified atom stereocenters. The smallest absolute Gasteiger partial charge is 0.340 e. The Bertz CT molecular complexity index is 1880. The number of methoxy groups -OCH3 is 1. The van der Waals surface area contributed by atoms with Gasteiger partial charge >= 0.3 is 5.97 Å². The topological polar surface area (TPSA) is 85.7 Å². The van der Waals surface area contributed by atoms with Crippen molar-refractivity contribution in [1.82, 2.24) is 14.7 Å². The predicted octanol–water partition coefficient (Wildman–Crippen LogP) is 6.07. The van der Waals surface area contributed by atoms with Gasteiger partial charge in [0.05, 0.1) is 40.7 Å². The number of halogens is 4. The number of ether oxygens (including phenoxy) is 2. The largest absolute Gasteiger partial charge is 0.476 e. The number of rotatable bonds is 4. The lowest BCUT2D eigenvalue weighted by molar-refractivity contribution is -0.128. The average molecular weight is 625 g/mol. The van der Waals surface area contributed by atoms with E-state index < -0.39 is 41.1 Å². The van der Waals surface area contributed by atoms with Crippen molar-refractivity contribution in [1.29, 1.82) is 0 Å². The molecule has 4 heterocycles. The number of amides is 1. The summed E-state index contributed by atoms with van der Waals surface area (Å²) in [5, 5.41) is 8.58. The summed E-state index contributed by atoms with van der Waals surface area (Å²) < 4.78 is 43.9. The molecule has 0 bridgehead atoms. The van der Waals surface area contributed by atoms with Crippen molar-refractivity contribution in [2.24, 2.45) is 5.92 Å². The first-order valence-electron chi connectivity index (χ1n) is 14.0. The summed E-state index contributed by atoms with van der Waals surface area (Å²) in [6, 6.07) is 11.5. The van der Waals surface area contributed by atoms with Crippen LogP contribution in [0.1, 0.15) is 46.3 Å². The highest BCUT2D eigenvalue weighted by Crippen LogP contribution is 2.63. The van der Waals surface area contributed by atoms with Crippen molar-refractivity contribution in [3.63, 3.8) is 0 Å². The van der Waals surface area contributed by atoms with Crippen LogP contribution in [0, 0.1) is 17.6 Å². The minimum absolute atomic E-state index is 0.0673. The number of nitrogens with one attached hydrogen (secondary N) is 1. The van der Waals surface area contributed by atoms with E-state index in [-0.39, 0.29) is 34.2 Å². The minimum atomic E-state index is -1.35. The predicted molar refractivity (Wildman–Crippen MR) is 155 cm³/mol. The van der Waals surface area contributed by atoms with Crippen molar-refractivity contribution in [3.05, 3.63) is 86.9 Å². The van der Waals surface area contributed by atoms with E-state index in [2.05, 4.69) is 10.2 Å². The molecule has 1 spiro atoms. The zero-order valence-corrected chi connectivity index (χ0v) is 24.3. The van der Waals surface area contributed by atoms with Crippen molar-refractivity contribution in [2.75, 3.05) is 25.6 Å². The van der Waals surface area contributed by atoms with Crippen LogP contribution in [0.15, 0.2) is 48.5 Å². The molecule has 8 rings (SSSR count). The maximum atomic E-state index is 16.2. The van der Waals surface area contributed by atoms with E-state index in [4.69, 9.17) is 37.8 Å². The highest BCUT2D eigenvalue weighted by molar-refractivity contribution is 6.31. The molecule has 4 aromatic rings. The first-order chi connectivity index (χ1) is 20.7. The number of hydrogen-bond donors (Lipinski definition) is 1. The molecule has 3 aliphatic heterocycles. The number of carbonyl (C=O) groups is 2. The van der Waals surface area contributed by atoms with Crippen molar-refractivity contribution in [2.45, 2.75) is 36.4 Å². The lowest BCUT2D eigenvalue weighted by Gasteiger charge is -2.39. The lowest BCUT2D eigenvalue weighted by Crippen LogP contribution is -2.54. The molecule has 1 amide bonds. The third kappa shape index (κ3) is 3.66. The van der Waals surface area contributed by atoms with E-state index in [9.17, 15) is 9.59 Å². The SMILES string of the molecule is COC(=O)c1cc2c3n(nc2cc1F)[C@@H]1[C@H](CO3)N(CC2CC2)[C@@]2(C(=O)Nc3cc(Cl)ccc32)[C@H]1c1cccc(Cl)c1F. The molecule has 12 heteroatoms. The highest BCUT2D eigenvalue weighted by Gasteiger charge is 2.69. The number of nitrogens with zero attached hydrogens (tertiary/aromatic N) is 3. The zero-order valence-electron chi connectivity index (χ0n) is 22.7. The summed E-state index contributed by atoms with van der Waals surface area (Å²) in [6.07, 6.45) is 2.03. The Morgan fingerprint density at radius 1 is 1.19 bits per heavy atom. The molecular weight excluding hydrogens is 601 g/mol. The molecule has 1 aliphatic carbocycles. The van der Waals surface area contributed by atoms with Crippen molar-refractivity contribution < 1.29 is 27.8 Å². The number of likely N-dealkylation sites (tertiary alicyclic amines) is 1. The van der Waals surface area contributed by atoms with E-state index in [0.717, 1.165) is 18.9 Å². The van der Waals surface area contributed by atoms with E-state index in [1.807, 2.05) is 6.07 Å². The van der Waals surface area contributed by atoms with Crippen LogP contribution in [0.4, 0.5) is 14.5 Å². The summed E-state index contributed by atoms with van der Waals surface area (Å²) in [7, 11) is 1.18. The normalized spacial score (nSPS) is 25.8. The fourth-order valence-electron chi connectivity index (χ4n) is 7.38. The third-order valence-corrected chi connectivity index (χ3v) is 9.84. The Morgan fingerprint density at radius 2 is 2.00 bits per heavy atom. The monoisotopic (exact) mass is 624 g/mol. The zero-order chi connectivity index (χ0) is 29.8. The first-order valence-corrected chi connectivity index (χ1v) is 14.7. The van der Waals surface area contributed by atoms with Crippen LogP contribution in [-0.4, -0.2) is 52.9 Å². The highest BCUT2D eigenvalue weighted by atomic mass is 35.5. The van der Waals surface area contributed by atoms with Crippen LogP contribution in [0.5, 0.6) is 5.88 Å². The maximum absolute atomic E-state index is 16.2. The van der Waals surface area contributed by atoms with Gasteiger partial charge in [-0.3, -0.25) is 9.69 Å². The summed E-state index contributed by atoms with van der Waals surface area (Å²) in [6.45, 7) is 0.732. The maximum Gasteiger partial charge on any atom is 0.340 e. The van der Waals surface area contributed by atoms with E-state index >= 15 is 8.78 Å². The Labute approximate surface area is 254 Å². The number of benzene rings is 3. The summed E-state index contributed by atoms with van der Waals surface area (Å²) in [4.78, 5) is 28.9. The molecule has 1 aromatic heterocycles. The first kappa shape index (κ1) is 26.9. The van der Waals surface area contributed by atoms with E-state index in [1.54, 1.807) is 28.9 Å². The van der Waals surface area contributed by atoms with Gasteiger partial charge in [-0.1, -0.05) is 41.4 Å². The van der Waals surface area contributed by atoms with E-state index in [1.165, 1.54) is 19.2 Å². The molecule has 2 fully saturated rings. The number of hydrogen-bond acceptors (Lipinski definition) is 6. The average Bonchev–Trinajstić information content (AvgIpc) is 3.59. The molecule has 3 aromatic carbocycles. The van der Waals surface area contributed by atoms with Crippen molar-refractivity contribution >= 4 is 51.7 Å². The number of carbonyl (C=O) groups excluding carboxylic acids is 2. The molecule has 1 N–H and O–H groups in total. The standard InChI is InChI=1S/C31H24Cl2F2N4O4/c1-42-29(40)17-10-18-22(11-21(17)34)37-39-27-24(13-43-28(18)39)38(12-14-5-6-14)31(25(27)16-3-2-4-20(33)26(16)35)19-8-7-15(32)9-23(19)36-30(31)41/h2-4,7-11,14,24-25,27H,5-6,12-13H2,1H3,(H,36,41)/t24-,25-,27+,31+/m0/s1. The molecule has 1 saturated heterocycles. The van der Waals surface area contributed by atoms with Crippen molar-refractivity contribution in [3.8, 4) is 5.88 Å². The van der Waals surface area contributed by atoms with Crippen LogP contribution in [0.25, 0.3) is 10.9 Å². The van der Waals surface area contributed by atoms with Gasteiger partial charge in [0.25, 0.3) is 0 Å². The lowest BCUT2D eigenvalue weighted by atomic mass is 9.73. The van der Waals surface area contributed by atoms with Crippen LogP contribution in [0.2, 0.25) is 10.0 Å². The van der Waals surface area contributed by atoms with Gasteiger partial charge in [0.15, 0.2) is 0 Å². The molecule has 4 atom stereocenters. The Morgan fingerprint density at radius 3 is 2.77 bits per heavy atom. The van der Waals surface area contributed by atoms with Gasteiger partial charge in [0.2, 0.25) is 11.8 Å². The second-order valence-electron chi connectivity index (χ2n) is 11.6. The number of fused-ring (bicyclic) bond motifs is 7. The van der Waals surface area contributed by atoms with Gasteiger partial charge in [-0.05, 0) is 48.6 Å². The molecule has 1 saturated carbocycles. The molecule has 220 valence electrons. The van der Waals surface area contributed by atoms with Gasteiger partial charge in [-0.25, -0.2) is 18.3 Å². The number of anilines is 1. The second-order valence-corrected chi connectivity index (χ2v) is 12.4. The second kappa shape index (κ2) is 9.38. The number of esters is 1. The Kier molecular flexibility index (Phi) is 5.86. The molecule has 4 aliphatic rings. The third-order valence-electron chi connectivity index (χ3n) is 9.31. The molecule has 43 heavy (non-hydrogen) atoms. The van der Waals surface area contributed by atoms with Gasteiger partial charge in [0, 0.05) is 34.8 Å². The summed E-state index contributed by atoms with van der Waals surface area (Å²) in [5.74, 6) is -2.71. The quantitative estimate of drug-likeness (QED) is 0.278. The molecule has 0 radical (unpaired) electrons. The summed E-state index contributed by atoms with van der Waals surface area (Å²) in [5.41, 5.74) is 0.138. The van der Waals surface area contributed by atoms with Crippen LogP contribution < -0.4 is 10.1 Å². The number of aromatic nitrogens is 2. The molecular formula is C31H24Cl2F2N4O4. The Balaban J connectivity index is 1.42. The van der Waals surface area contributed by atoms with Gasteiger partial charge in [-0.2, -0.15) is 5.10 Å². The van der Waals surface area contributed by atoms with E-state index in [0.29, 0.717) is 40.0 Å².